The summed E-state index contributed by atoms with van der Waals surface area (Å²) in [7, 11) is 0. The van der Waals surface area contributed by atoms with Gasteiger partial charge in [-0.05, 0) is 12.1 Å². The summed E-state index contributed by atoms with van der Waals surface area (Å²) in [6.07, 6.45) is 4.93. The Morgan fingerprint density at radius 3 is 2.84 bits per heavy atom. The molecular formula is C13H12FNO4. The summed E-state index contributed by atoms with van der Waals surface area (Å²) in [4.78, 5) is 22.3. The van der Waals surface area contributed by atoms with Gasteiger partial charge in [-0.3, -0.25) is 4.79 Å². The van der Waals surface area contributed by atoms with Crippen molar-refractivity contribution < 1.29 is 23.5 Å². The smallest absolute Gasteiger partial charge is 0.344 e. The highest BCUT2D eigenvalue weighted by atomic mass is 19.1. The Labute approximate surface area is 109 Å². The van der Waals surface area contributed by atoms with Crippen molar-refractivity contribution in [3.63, 3.8) is 0 Å². The summed E-state index contributed by atoms with van der Waals surface area (Å²) >= 11 is 0. The Kier molecular flexibility index (Phi) is 5.89. The Morgan fingerprint density at radius 2 is 2.16 bits per heavy atom. The Bertz CT molecular complexity index is 496. The zero-order valence-electron chi connectivity index (χ0n) is 10.0. The number of terminal acetylenes is 1. The van der Waals surface area contributed by atoms with Gasteiger partial charge in [-0.2, -0.15) is 0 Å². The van der Waals surface area contributed by atoms with Crippen molar-refractivity contribution in [1.82, 2.24) is 5.32 Å². The molecule has 0 bridgehead atoms. The molecule has 100 valence electrons. The molecule has 0 radical (unpaired) electrons. The number of rotatable bonds is 6. The van der Waals surface area contributed by atoms with Gasteiger partial charge in [-0.15, -0.1) is 6.42 Å². The molecule has 6 heteroatoms. The lowest BCUT2D eigenvalue weighted by Gasteiger charge is -2.06. The molecule has 0 atom stereocenters. The number of hydrogen-bond donors (Lipinski definition) is 1. The van der Waals surface area contributed by atoms with Crippen molar-refractivity contribution in [2.45, 2.75) is 0 Å². The zero-order valence-corrected chi connectivity index (χ0v) is 10.0. The predicted molar refractivity (Wildman–Crippen MR) is 64.7 cm³/mol. The fourth-order valence-electron chi connectivity index (χ4n) is 1.09. The van der Waals surface area contributed by atoms with E-state index in [9.17, 15) is 14.0 Å². The number of nitrogens with one attached hydrogen (secondary N) is 1. The summed E-state index contributed by atoms with van der Waals surface area (Å²) in [6, 6.07) is 5.33. The van der Waals surface area contributed by atoms with Crippen molar-refractivity contribution in [3.05, 3.63) is 30.1 Å². The van der Waals surface area contributed by atoms with Gasteiger partial charge >= 0.3 is 5.97 Å². The number of hydrogen-bond acceptors (Lipinski definition) is 4. The molecule has 5 nitrogen and oxygen atoms in total. The second-order valence-electron chi connectivity index (χ2n) is 3.39. The van der Waals surface area contributed by atoms with Gasteiger partial charge in [0.25, 0.3) is 5.91 Å². The van der Waals surface area contributed by atoms with E-state index in [0.717, 1.165) is 6.07 Å². The largest absolute Gasteiger partial charge is 0.482 e. The van der Waals surface area contributed by atoms with Gasteiger partial charge in [0.1, 0.15) is 11.6 Å². The monoisotopic (exact) mass is 265 g/mol. The maximum absolute atomic E-state index is 12.8. The van der Waals surface area contributed by atoms with E-state index in [-0.39, 0.29) is 12.3 Å². The van der Waals surface area contributed by atoms with Crippen molar-refractivity contribution in [2.24, 2.45) is 0 Å². The number of amides is 1. The molecule has 1 amide bonds. The molecule has 0 spiro atoms. The summed E-state index contributed by atoms with van der Waals surface area (Å²) in [6.45, 7) is -0.783. The van der Waals surface area contributed by atoms with Gasteiger partial charge in [-0.25, -0.2) is 9.18 Å². The highest BCUT2D eigenvalue weighted by Crippen LogP contribution is 2.11. The molecule has 1 rings (SSSR count). The quantitative estimate of drug-likeness (QED) is 0.601. The van der Waals surface area contributed by atoms with Gasteiger partial charge in [0.05, 0.1) is 6.54 Å². The number of benzene rings is 1. The number of carbonyl (C=O) groups excluding carboxylic acids is 2. The van der Waals surface area contributed by atoms with E-state index in [4.69, 9.17) is 11.2 Å². The second-order valence-corrected chi connectivity index (χ2v) is 3.39. The molecule has 0 fully saturated rings. The number of carbonyl (C=O) groups is 2. The molecule has 1 aromatic rings. The van der Waals surface area contributed by atoms with Crippen LogP contribution in [0.4, 0.5) is 4.39 Å². The Balaban J connectivity index is 2.25. The van der Waals surface area contributed by atoms with Crippen molar-refractivity contribution in [1.29, 1.82) is 0 Å². The van der Waals surface area contributed by atoms with Crippen LogP contribution in [0.25, 0.3) is 0 Å². The summed E-state index contributed by atoms with van der Waals surface area (Å²) in [5.41, 5.74) is 0. The zero-order chi connectivity index (χ0) is 14.1. The minimum absolute atomic E-state index is 0.0657. The first-order valence-corrected chi connectivity index (χ1v) is 5.36. The molecule has 0 aliphatic rings. The highest BCUT2D eigenvalue weighted by molar-refractivity contribution is 5.81. The van der Waals surface area contributed by atoms with Crippen LogP contribution >= 0.6 is 0 Å². The third-order valence-corrected chi connectivity index (χ3v) is 1.90. The van der Waals surface area contributed by atoms with E-state index in [0.29, 0.717) is 0 Å². The number of ether oxygens (including phenoxy) is 2. The van der Waals surface area contributed by atoms with Crippen LogP contribution in [0.1, 0.15) is 0 Å². The van der Waals surface area contributed by atoms with Crippen molar-refractivity contribution >= 4 is 11.9 Å². The maximum atomic E-state index is 12.8. The third-order valence-electron chi connectivity index (χ3n) is 1.90. The molecule has 1 N–H and O–H groups in total. The molecule has 1 aromatic carbocycles. The normalized spacial score (nSPS) is 9.26. The van der Waals surface area contributed by atoms with Crippen LogP contribution < -0.4 is 10.1 Å². The topological polar surface area (TPSA) is 64.6 Å². The molecule has 0 heterocycles. The van der Waals surface area contributed by atoms with E-state index >= 15 is 0 Å². The Hall–Kier alpha value is -2.55. The van der Waals surface area contributed by atoms with Crippen molar-refractivity contribution in [3.8, 4) is 18.1 Å². The highest BCUT2D eigenvalue weighted by Gasteiger charge is 2.08. The third kappa shape index (κ3) is 6.07. The van der Waals surface area contributed by atoms with Gasteiger partial charge in [-0.1, -0.05) is 12.0 Å². The lowest BCUT2D eigenvalue weighted by atomic mass is 10.3. The summed E-state index contributed by atoms with van der Waals surface area (Å²) in [5.74, 6) is 0.697. The molecule has 0 aromatic heterocycles. The first-order valence-electron chi connectivity index (χ1n) is 5.36. The molecule has 0 saturated heterocycles. The van der Waals surface area contributed by atoms with Crippen LogP contribution in [0.15, 0.2) is 24.3 Å². The van der Waals surface area contributed by atoms with Crippen LogP contribution in [0, 0.1) is 18.2 Å². The lowest BCUT2D eigenvalue weighted by Crippen LogP contribution is -2.30. The average Bonchev–Trinajstić information content (AvgIpc) is 2.40. The minimum Gasteiger partial charge on any atom is -0.482 e. The van der Waals surface area contributed by atoms with Crippen LogP contribution in [-0.2, 0) is 14.3 Å². The molecular weight excluding hydrogens is 253 g/mol. The maximum Gasteiger partial charge on any atom is 0.344 e. The van der Waals surface area contributed by atoms with Gasteiger partial charge in [0, 0.05) is 6.07 Å². The molecule has 0 unspecified atom stereocenters. The lowest BCUT2D eigenvalue weighted by molar-refractivity contribution is -0.150. The minimum atomic E-state index is -0.736. The fourth-order valence-corrected chi connectivity index (χ4v) is 1.09. The molecule has 0 aliphatic heterocycles. The van der Waals surface area contributed by atoms with Gasteiger partial charge in [0.2, 0.25) is 0 Å². The number of esters is 1. The fraction of sp³-hybridized carbons (Fsp3) is 0.231. The standard InChI is InChI=1S/C13H12FNO4/c1-2-6-15-12(16)8-19-13(17)9-18-11-5-3-4-10(14)7-11/h1,3-5,7H,6,8-9H2,(H,15,16). The van der Waals surface area contributed by atoms with Crippen LogP contribution in [0.3, 0.4) is 0 Å². The van der Waals surface area contributed by atoms with E-state index in [1.54, 1.807) is 0 Å². The first-order chi connectivity index (χ1) is 9.11. The van der Waals surface area contributed by atoms with Gasteiger partial charge < -0.3 is 14.8 Å². The molecule has 0 aliphatic carbocycles. The van der Waals surface area contributed by atoms with Crippen LogP contribution in [0.2, 0.25) is 0 Å². The predicted octanol–water partition coefficient (Wildman–Crippen LogP) is 0.497. The first kappa shape index (κ1) is 14.5. The summed E-state index contributed by atoms with van der Waals surface area (Å²) < 4.78 is 22.4. The average molecular weight is 265 g/mol. The van der Waals surface area contributed by atoms with E-state index in [1.807, 2.05) is 0 Å². The Morgan fingerprint density at radius 1 is 1.37 bits per heavy atom. The summed E-state index contributed by atoms with van der Waals surface area (Å²) in [5, 5.41) is 2.33. The van der Waals surface area contributed by atoms with Crippen molar-refractivity contribution in [2.75, 3.05) is 19.8 Å². The SMILES string of the molecule is C#CCNC(=O)COC(=O)COc1cccc(F)c1. The van der Waals surface area contributed by atoms with Gasteiger partial charge in [0.15, 0.2) is 13.2 Å². The van der Waals surface area contributed by atoms with E-state index < -0.39 is 30.9 Å². The van der Waals surface area contributed by atoms with E-state index in [1.165, 1.54) is 18.2 Å². The van der Waals surface area contributed by atoms with Crippen LogP contribution in [-0.4, -0.2) is 31.6 Å². The molecule has 0 saturated carbocycles. The molecule has 19 heavy (non-hydrogen) atoms. The van der Waals surface area contributed by atoms with Crippen LogP contribution in [0.5, 0.6) is 5.75 Å². The van der Waals surface area contributed by atoms with E-state index in [2.05, 4.69) is 16.0 Å². The number of halogens is 1. The second kappa shape index (κ2) is 7.71.